The summed E-state index contributed by atoms with van der Waals surface area (Å²) in [5, 5.41) is 5.97. The molecular weight excluding hydrogens is 204 g/mol. The van der Waals surface area contributed by atoms with Crippen LogP contribution < -0.4 is 0 Å². The summed E-state index contributed by atoms with van der Waals surface area (Å²) in [7, 11) is 0. The van der Waals surface area contributed by atoms with Crippen molar-refractivity contribution in [3.8, 4) is 11.3 Å². The maximum atomic E-state index is 4.01. The van der Waals surface area contributed by atoms with Gasteiger partial charge in [-0.15, -0.1) is 5.10 Å². The van der Waals surface area contributed by atoms with Crippen molar-refractivity contribution in [3.63, 3.8) is 0 Å². The summed E-state index contributed by atoms with van der Waals surface area (Å²) in [6.45, 7) is 6.15. The third kappa shape index (κ3) is 3.13. The number of nitrogens with zero attached hydrogens (tertiary/aromatic N) is 2. The van der Waals surface area contributed by atoms with Gasteiger partial charge in [0.25, 0.3) is 0 Å². The molecule has 3 heteroatoms. The molecule has 0 aliphatic heterocycles. The minimum atomic E-state index is 0.965. The molecule has 2 nitrogen and oxygen atoms in total. The molecule has 1 heterocycles. The predicted octanol–water partition coefficient (Wildman–Crippen LogP) is 3.79. The van der Waals surface area contributed by atoms with E-state index in [1.165, 1.54) is 17.1 Å². The second kappa shape index (κ2) is 6.30. The lowest BCUT2D eigenvalue weighted by atomic mass is 10.1. The number of benzene rings is 1. The SMILES string of the molecule is CC.CCc1ccc(-c2csnn2)cc1. The van der Waals surface area contributed by atoms with Gasteiger partial charge in [0.05, 0.1) is 0 Å². The third-order valence-electron chi connectivity index (χ3n) is 2.02. The lowest BCUT2D eigenvalue weighted by molar-refractivity contribution is 1.13. The summed E-state index contributed by atoms with van der Waals surface area (Å²) in [5.74, 6) is 0. The molecule has 0 bridgehead atoms. The van der Waals surface area contributed by atoms with Crippen LogP contribution in [0.2, 0.25) is 0 Å². The van der Waals surface area contributed by atoms with Crippen molar-refractivity contribution >= 4 is 11.5 Å². The van der Waals surface area contributed by atoms with Crippen LogP contribution >= 0.6 is 11.5 Å². The molecule has 2 rings (SSSR count). The lowest BCUT2D eigenvalue weighted by Crippen LogP contribution is -1.81. The average Bonchev–Trinajstić information content (AvgIpc) is 2.85. The molecule has 0 aliphatic carbocycles. The van der Waals surface area contributed by atoms with Gasteiger partial charge in [0.15, 0.2) is 0 Å². The molecule has 0 amide bonds. The van der Waals surface area contributed by atoms with Crippen LogP contribution in [0.3, 0.4) is 0 Å². The van der Waals surface area contributed by atoms with E-state index in [2.05, 4.69) is 40.8 Å². The van der Waals surface area contributed by atoms with Crippen molar-refractivity contribution in [2.75, 3.05) is 0 Å². The molecule has 0 spiro atoms. The van der Waals surface area contributed by atoms with Gasteiger partial charge >= 0.3 is 0 Å². The summed E-state index contributed by atoms with van der Waals surface area (Å²) >= 11 is 1.38. The molecular formula is C12H16N2S. The summed E-state index contributed by atoms with van der Waals surface area (Å²) in [6.07, 6.45) is 1.08. The van der Waals surface area contributed by atoms with E-state index in [1.54, 1.807) is 0 Å². The molecule has 15 heavy (non-hydrogen) atoms. The summed E-state index contributed by atoms with van der Waals surface area (Å²) in [5.41, 5.74) is 3.46. The van der Waals surface area contributed by atoms with Gasteiger partial charge in [-0.25, -0.2) is 0 Å². The van der Waals surface area contributed by atoms with E-state index >= 15 is 0 Å². The van der Waals surface area contributed by atoms with Crippen molar-refractivity contribution in [1.29, 1.82) is 0 Å². The topological polar surface area (TPSA) is 25.8 Å². The number of aromatic nitrogens is 2. The van der Waals surface area contributed by atoms with Crippen LogP contribution in [0.5, 0.6) is 0 Å². The number of hydrogen-bond donors (Lipinski definition) is 0. The predicted molar refractivity (Wildman–Crippen MR) is 66.1 cm³/mol. The van der Waals surface area contributed by atoms with E-state index in [1.807, 2.05) is 19.2 Å². The Morgan fingerprint density at radius 1 is 1.13 bits per heavy atom. The Morgan fingerprint density at radius 3 is 2.27 bits per heavy atom. The molecule has 0 fully saturated rings. The van der Waals surface area contributed by atoms with Crippen LogP contribution in [0.25, 0.3) is 11.3 Å². The third-order valence-corrected chi connectivity index (χ3v) is 2.52. The maximum Gasteiger partial charge on any atom is 0.105 e. The fraction of sp³-hybridized carbons (Fsp3) is 0.333. The van der Waals surface area contributed by atoms with Crippen molar-refractivity contribution < 1.29 is 0 Å². The van der Waals surface area contributed by atoms with Gasteiger partial charge in [0.1, 0.15) is 5.69 Å². The number of hydrogen-bond acceptors (Lipinski definition) is 3. The molecule has 80 valence electrons. The first kappa shape index (κ1) is 11.9. The first-order valence-electron chi connectivity index (χ1n) is 5.26. The van der Waals surface area contributed by atoms with E-state index < -0.39 is 0 Å². The van der Waals surface area contributed by atoms with Gasteiger partial charge < -0.3 is 0 Å². The highest BCUT2D eigenvalue weighted by atomic mass is 32.1. The first-order chi connectivity index (χ1) is 7.40. The zero-order chi connectivity index (χ0) is 11.1. The van der Waals surface area contributed by atoms with Crippen LogP contribution in [0.15, 0.2) is 29.6 Å². The Bertz CT molecular complexity index is 365. The second-order valence-corrected chi connectivity index (χ2v) is 3.45. The average molecular weight is 220 g/mol. The summed E-state index contributed by atoms with van der Waals surface area (Å²) in [6, 6.07) is 8.45. The van der Waals surface area contributed by atoms with Crippen LogP contribution in [0.1, 0.15) is 26.3 Å². The minimum Gasteiger partial charge on any atom is -0.138 e. The lowest BCUT2D eigenvalue weighted by Gasteiger charge is -1.97. The molecule has 0 saturated carbocycles. The van der Waals surface area contributed by atoms with Gasteiger partial charge in [-0.1, -0.05) is 49.5 Å². The molecule has 2 aromatic rings. The van der Waals surface area contributed by atoms with E-state index in [0.29, 0.717) is 0 Å². The standard InChI is InChI=1S/C10H10N2S.C2H6/c1-2-8-3-5-9(6-4-8)10-7-13-12-11-10;1-2/h3-7H,2H2,1H3;1-2H3. The van der Waals surface area contributed by atoms with Gasteiger partial charge in [0, 0.05) is 10.9 Å². The molecule has 0 unspecified atom stereocenters. The molecule has 0 N–H and O–H groups in total. The first-order valence-corrected chi connectivity index (χ1v) is 6.10. The summed E-state index contributed by atoms with van der Waals surface area (Å²) in [4.78, 5) is 0. The Morgan fingerprint density at radius 2 is 1.80 bits per heavy atom. The van der Waals surface area contributed by atoms with Crippen molar-refractivity contribution in [2.24, 2.45) is 0 Å². The quantitative estimate of drug-likeness (QED) is 0.769. The maximum absolute atomic E-state index is 4.01. The smallest absolute Gasteiger partial charge is 0.105 e. The monoisotopic (exact) mass is 220 g/mol. The zero-order valence-electron chi connectivity index (χ0n) is 9.40. The molecule has 0 aliphatic rings. The van der Waals surface area contributed by atoms with E-state index in [0.717, 1.165) is 17.7 Å². The normalized spacial score (nSPS) is 9.27. The summed E-state index contributed by atoms with van der Waals surface area (Å²) < 4.78 is 3.83. The van der Waals surface area contributed by atoms with Crippen LogP contribution in [0.4, 0.5) is 0 Å². The fourth-order valence-corrected chi connectivity index (χ4v) is 1.67. The van der Waals surface area contributed by atoms with Crippen LogP contribution in [-0.2, 0) is 6.42 Å². The van der Waals surface area contributed by atoms with Crippen molar-refractivity contribution in [3.05, 3.63) is 35.2 Å². The van der Waals surface area contributed by atoms with E-state index in [4.69, 9.17) is 0 Å². The number of rotatable bonds is 2. The Balaban J connectivity index is 0.000000531. The van der Waals surface area contributed by atoms with Crippen molar-refractivity contribution in [1.82, 2.24) is 9.59 Å². The largest absolute Gasteiger partial charge is 0.138 e. The number of aryl methyl sites for hydroxylation is 1. The Labute approximate surface area is 95.1 Å². The van der Waals surface area contributed by atoms with Crippen LogP contribution in [0, 0.1) is 0 Å². The molecule has 1 aromatic heterocycles. The highest BCUT2D eigenvalue weighted by Gasteiger charge is 1.99. The highest BCUT2D eigenvalue weighted by molar-refractivity contribution is 7.03. The van der Waals surface area contributed by atoms with Gasteiger partial charge in [-0.05, 0) is 23.5 Å². The Hall–Kier alpha value is -1.22. The fourth-order valence-electron chi connectivity index (χ4n) is 1.20. The Kier molecular flexibility index (Phi) is 4.98. The molecule has 1 aromatic carbocycles. The van der Waals surface area contributed by atoms with Crippen LogP contribution in [-0.4, -0.2) is 9.59 Å². The van der Waals surface area contributed by atoms with Gasteiger partial charge in [-0.2, -0.15) is 0 Å². The zero-order valence-corrected chi connectivity index (χ0v) is 10.2. The van der Waals surface area contributed by atoms with E-state index in [-0.39, 0.29) is 0 Å². The molecule has 0 atom stereocenters. The van der Waals surface area contributed by atoms with E-state index in [9.17, 15) is 0 Å². The van der Waals surface area contributed by atoms with Gasteiger partial charge in [-0.3, -0.25) is 0 Å². The second-order valence-electron chi connectivity index (χ2n) is 2.84. The molecule has 0 radical (unpaired) electrons. The minimum absolute atomic E-state index is 0.965. The van der Waals surface area contributed by atoms with Crippen molar-refractivity contribution in [2.45, 2.75) is 27.2 Å². The molecule has 0 saturated heterocycles. The highest BCUT2D eigenvalue weighted by Crippen LogP contribution is 2.17. The van der Waals surface area contributed by atoms with Gasteiger partial charge in [0.2, 0.25) is 0 Å².